The minimum atomic E-state index is -3.80. The molecular formula is C17H18Cl2N2O3S. The fourth-order valence-electron chi connectivity index (χ4n) is 2.37. The van der Waals surface area contributed by atoms with Crippen molar-refractivity contribution >= 4 is 39.1 Å². The van der Waals surface area contributed by atoms with Crippen LogP contribution in [0.25, 0.3) is 0 Å². The van der Waals surface area contributed by atoms with E-state index in [0.717, 1.165) is 0 Å². The SMILES string of the molecule is CC(c1cccc(S(N)(=O)=O)c1)N(C)C(=O)Cc1c(Cl)cccc1Cl. The molecular weight excluding hydrogens is 383 g/mol. The number of hydrogen-bond acceptors (Lipinski definition) is 3. The van der Waals surface area contributed by atoms with Crippen LogP contribution in [0.1, 0.15) is 24.1 Å². The molecule has 0 fully saturated rings. The number of likely N-dealkylation sites (N-methyl/N-ethyl adjacent to an activating group) is 1. The monoisotopic (exact) mass is 400 g/mol. The molecule has 25 heavy (non-hydrogen) atoms. The number of amides is 1. The summed E-state index contributed by atoms with van der Waals surface area (Å²) in [5.74, 6) is -0.191. The highest BCUT2D eigenvalue weighted by molar-refractivity contribution is 7.89. The quantitative estimate of drug-likeness (QED) is 0.834. The van der Waals surface area contributed by atoms with Crippen LogP contribution in [-0.4, -0.2) is 26.3 Å². The zero-order valence-electron chi connectivity index (χ0n) is 13.7. The van der Waals surface area contributed by atoms with Crippen LogP contribution in [0.3, 0.4) is 0 Å². The van der Waals surface area contributed by atoms with Crippen molar-refractivity contribution in [3.8, 4) is 0 Å². The van der Waals surface area contributed by atoms with E-state index in [9.17, 15) is 13.2 Å². The van der Waals surface area contributed by atoms with E-state index in [1.807, 2.05) is 0 Å². The summed E-state index contributed by atoms with van der Waals surface area (Å²) in [7, 11) is -2.16. The minimum absolute atomic E-state index is 0.00634. The van der Waals surface area contributed by atoms with Gasteiger partial charge in [0.1, 0.15) is 0 Å². The minimum Gasteiger partial charge on any atom is -0.339 e. The lowest BCUT2D eigenvalue weighted by atomic mass is 10.1. The van der Waals surface area contributed by atoms with Gasteiger partial charge >= 0.3 is 0 Å². The van der Waals surface area contributed by atoms with Gasteiger partial charge in [0.15, 0.2) is 0 Å². The third-order valence-corrected chi connectivity index (χ3v) is 5.65. The molecule has 1 atom stereocenters. The number of halogens is 2. The van der Waals surface area contributed by atoms with Gasteiger partial charge in [-0.2, -0.15) is 0 Å². The number of carbonyl (C=O) groups is 1. The van der Waals surface area contributed by atoms with Crippen LogP contribution in [0.5, 0.6) is 0 Å². The summed E-state index contributed by atoms with van der Waals surface area (Å²) in [4.78, 5) is 14.1. The van der Waals surface area contributed by atoms with Gasteiger partial charge in [0.25, 0.3) is 0 Å². The van der Waals surface area contributed by atoms with E-state index >= 15 is 0 Å². The highest BCUT2D eigenvalue weighted by atomic mass is 35.5. The van der Waals surface area contributed by atoms with Crippen molar-refractivity contribution in [3.05, 3.63) is 63.6 Å². The van der Waals surface area contributed by atoms with E-state index < -0.39 is 10.0 Å². The van der Waals surface area contributed by atoms with Crippen molar-refractivity contribution in [1.82, 2.24) is 4.90 Å². The van der Waals surface area contributed by atoms with Crippen LogP contribution < -0.4 is 5.14 Å². The lowest BCUT2D eigenvalue weighted by molar-refractivity contribution is -0.131. The Balaban J connectivity index is 2.22. The van der Waals surface area contributed by atoms with Crippen LogP contribution >= 0.6 is 23.2 Å². The Bertz CT molecular complexity index is 880. The summed E-state index contributed by atoms with van der Waals surface area (Å²) < 4.78 is 23.0. The predicted octanol–water partition coefficient (Wildman–Crippen LogP) is 3.40. The van der Waals surface area contributed by atoms with Crippen molar-refractivity contribution in [2.24, 2.45) is 5.14 Å². The van der Waals surface area contributed by atoms with Gasteiger partial charge in [-0.3, -0.25) is 4.79 Å². The average molecular weight is 401 g/mol. The number of carbonyl (C=O) groups excluding carboxylic acids is 1. The van der Waals surface area contributed by atoms with Crippen LogP contribution in [0.2, 0.25) is 10.0 Å². The molecule has 134 valence electrons. The first-order chi connectivity index (χ1) is 11.6. The summed E-state index contributed by atoms with van der Waals surface area (Å²) in [6.45, 7) is 1.80. The van der Waals surface area contributed by atoms with Crippen molar-refractivity contribution in [3.63, 3.8) is 0 Å². The third-order valence-electron chi connectivity index (χ3n) is 4.03. The molecule has 0 radical (unpaired) electrons. The van der Waals surface area contributed by atoms with Gasteiger partial charge in [0.05, 0.1) is 17.4 Å². The highest BCUT2D eigenvalue weighted by Crippen LogP contribution is 2.27. The van der Waals surface area contributed by atoms with Crippen LogP contribution in [0.15, 0.2) is 47.4 Å². The second-order valence-electron chi connectivity index (χ2n) is 5.68. The summed E-state index contributed by atoms with van der Waals surface area (Å²) in [5.41, 5.74) is 1.22. The Kier molecular flexibility index (Phi) is 6.11. The lowest BCUT2D eigenvalue weighted by Gasteiger charge is -2.26. The number of primary sulfonamides is 1. The molecule has 1 unspecified atom stereocenters. The number of nitrogens with two attached hydrogens (primary N) is 1. The smallest absolute Gasteiger partial charge is 0.238 e. The Morgan fingerprint density at radius 1 is 1.16 bits per heavy atom. The number of nitrogens with zero attached hydrogens (tertiary/aromatic N) is 1. The molecule has 0 heterocycles. The number of benzene rings is 2. The van der Waals surface area contributed by atoms with Gasteiger partial charge in [-0.25, -0.2) is 13.6 Å². The maximum absolute atomic E-state index is 12.6. The Labute approximate surface area is 157 Å². The standard InChI is InChI=1S/C17H18Cl2N2O3S/c1-11(12-5-3-6-13(9-12)25(20,23)24)21(2)17(22)10-14-15(18)7-4-8-16(14)19/h3-9,11H,10H2,1-2H3,(H2,20,23,24). The van der Waals surface area contributed by atoms with Gasteiger partial charge in [0.2, 0.25) is 15.9 Å². The van der Waals surface area contributed by atoms with Crippen LogP contribution in [0, 0.1) is 0 Å². The van der Waals surface area contributed by atoms with E-state index in [1.54, 1.807) is 44.3 Å². The lowest BCUT2D eigenvalue weighted by Crippen LogP contribution is -2.31. The van der Waals surface area contributed by atoms with E-state index in [1.165, 1.54) is 17.0 Å². The average Bonchev–Trinajstić information content (AvgIpc) is 2.56. The van der Waals surface area contributed by atoms with E-state index in [2.05, 4.69) is 0 Å². The topological polar surface area (TPSA) is 80.5 Å². The second-order valence-corrected chi connectivity index (χ2v) is 8.05. The number of hydrogen-bond donors (Lipinski definition) is 1. The highest BCUT2D eigenvalue weighted by Gasteiger charge is 2.21. The molecule has 0 aliphatic carbocycles. The molecule has 0 aliphatic heterocycles. The number of sulfonamides is 1. The molecule has 0 saturated carbocycles. The maximum atomic E-state index is 12.6. The van der Waals surface area contributed by atoms with Crippen LogP contribution in [0.4, 0.5) is 0 Å². The van der Waals surface area contributed by atoms with Gasteiger partial charge in [-0.15, -0.1) is 0 Å². The third kappa shape index (κ3) is 4.73. The van der Waals surface area contributed by atoms with Crippen molar-refractivity contribution in [2.45, 2.75) is 24.3 Å². The Morgan fingerprint density at radius 2 is 1.72 bits per heavy atom. The molecule has 1 amide bonds. The molecule has 8 heteroatoms. The first-order valence-corrected chi connectivity index (χ1v) is 9.73. The van der Waals surface area contributed by atoms with Gasteiger partial charge in [0, 0.05) is 17.1 Å². The molecule has 0 aromatic heterocycles. The largest absolute Gasteiger partial charge is 0.339 e. The number of rotatable bonds is 5. The molecule has 0 spiro atoms. The van der Waals surface area contributed by atoms with Crippen LogP contribution in [-0.2, 0) is 21.2 Å². The molecule has 2 rings (SSSR count). The predicted molar refractivity (Wildman–Crippen MR) is 99.2 cm³/mol. The van der Waals surface area contributed by atoms with Crippen molar-refractivity contribution < 1.29 is 13.2 Å². The molecule has 2 aromatic rings. The van der Waals surface area contributed by atoms with E-state index in [-0.39, 0.29) is 23.3 Å². The molecule has 5 nitrogen and oxygen atoms in total. The van der Waals surface area contributed by atoms with Crippen molar-refractivity contribution in [2.75, 3.05) is 7.05 Å². The van der Waals surface area contributed by atoms with E-state index in [4.69, 9.17) is 28.3 Å². The zero-order chi connectivity index (χ0) is 18.8. The molecule has 0 bridgehead atoms. The van der Waals surface area contributed by atoms with Crippen molar-refractivity contribution in [1.29, 1.82) is 0 Å². The maximum Gasteiger partial charge on any atom is 0.238 e. The molecule has 0 aliphatic rings. The fraction of sp³-hybridized carbons (Fsp3) is 0.235. The Hall–Kier alpha value is -1.60. The fourth-order valence-corrected chi connectivity index (χ4v) is 3.47. The molecule has 2 aromatic carbocycles. The second kappa shape index (κ2) is 7.74. The van der Waals surface area contributed by atoms with Gasteiger partial charge in [-0.1, -0.05) is 41.4 Å². The normalized spacial score (nSPS) is 12.7. The summed E-state index contributed by atoms with van der Waals surface area (Å²) in [6.07, 6.45) is 0.0498. The first-order valence-electron chi connectivity index (χ1n) is 7.42. The summed E-state index contributed by atoms with van der Waals surface area (Å²) >= 11 is 12.2. The molecule has 0 saturated heterocycles. The first kappa shape index (κ1) is 19.7. The Morgan fingerprint density at radius 3 is 2.28 bits per heavy atom. The zero-order valence-corrected chi connectivity index (χ0v) is 16.1. The summed E-state index contributed by atoms with van der Waals surface area (Å²) in [6, 6.07) is 10.9. The van der Waals surface area contributed by atoms with Gasteiger partial charge < -0.3 is 4.90 Å². The molecule has 2 N–H and O–H groups in total. The van der Waals surface area contributed by atoms with E-state index in [0.29, 0.717) is 21.2 Å². The van der Waals surface area contributed by atoms with Gasteiger partial charge in [-0.05, 0) is 42.3 Å². The summed E-state index contributed by atoms with van der Waals surface area (Å²) in [5, 5.41) is 6.02.